The van der Waals surface area contributed by atoms with Crippen molar-refractivity contribution in [1.82, 2.24) is 9.88 Å². The number of hydrogen-bond donors (Lipinski definition) is 1. The molecule has 0 fully saturated rings. The molecule has 3 aromatic heterocycles. The quantitative estimate of drug-likeness (QED) is 0.313. The maximum atomic E-state index is 12.9. The second kappa shape index (κ2) is 9.28. The summed E-state index contributed by atoms with van der Waals surface area (Å²) in [5, 5.41) is 8.42. The Bertz CT molecular complexity index is 1290. The van der Waals surface area contributed by atoms with Gasteiger partial charge in [0.05, 0.1) is 12.8 Å². The minimum atomic E-state index is -0.0141. The number of thiophene rings is 1. The molecule has 1 unspecified atom stereocenters. The van der Waals surface area contributed by atoms with Crippen LogP contribution in [0.1, 0.15) is 34.8 Å². The summed E-state index contributed by atoms with van der Waals surface area (Å²) in [4.78, 5) is 12.9. The van der Waals surface area contributed by atoms with Gasteiger partial charge in [-0.3, -0.25) is 4.79 Å². The maximum absolute atomic E-state index is 12.9. The maximum Gasteiger partial charge on any atom is 0.221 e. The summed E-state index contributed by atoms with van der Waals surface area (Å²) in [5.41, 5.74) is 4.79. The summed E-state index contributed by atoms with van der Waals surface area (Å²) in [6, 6.07) is 24.7. The van der Waals surface area contributed by atoms with E-state index in [-0.39, 0.29) is 11.8 Å². The number of nitrogens with zero attached hydrogens (tertiary/aromatic N) is 1. The highest BCUT2D eigenvalue weighted by molar-refractivity contribution is 7.08. The van der Waals surface area contributed by atoms with E-state index in [1.54, 1.807) is 17.6 Å². The van der Waals surface area contributed by atoms with Crippen molar-refractivity contribution in [3.05, 3.63) is 118 Å². The minimum absolute atomic E-state index is 0.0116. The van der Waals surface area contributed by atoms with Gasteiger partial charge in [0.1, 0.15) is 5.76 Å². The van der Waals surface area contributed by atoms with Crippen LogP contribution in [0.3, 0.4) is 0 Å². The third kappa shape index (κ3) is 4.39. The third-order valence-electron chi connectivity index (χ3n) is 5.77. The van der Waals surface area contributed by atoms with Crippen LogP contribution in [-0.4, -0.2) is 10.5 Å². The first kappa shape index (κ1) is 20.3. The average molecular weight is 441 g/mol. The molecule has 0 radical (unpaired) electrons. The van der Waals surface area contributed by atoms with Gasteiger partial charge in [-0.25, -0.2) is 0 Å². The Morgan fingerprint density at radius 2 is 1.84 bits per heavy atom. The van der Waals surface area contributed by atoms with Crippen molar-refractivity contribution in [2.45, 2.75) is 25.4 Å². The fraction of sp³-hybridized carbons (Fsp3) is 0.148. The van der Waals surface area contributed by atoms with Crippen LogP contribution in [0.4, 0.5) is 0 Å². The van der Waals surface area contributed by atoms with E-state index >= 15 is 0 Å². The lowest BCUT2D eigenvalue weighted by molar-refractivity contribution is -0.121. The molecule has 5 aromatic rings. The highest BCUT2D eigenvalue weighted by Crippen LogP contribution is 2.36. The van der Waals surface area contributed by atoms with Gasteiger partial charge >= 0.3 is 0 Å². The van der Waals surface area contributed by atoms with E-state index in [0.717, 1.165) is 12.3 Å². The van der Waals surface area contributed by atoms with E-state index in [2.05, 4.69) is 81.4 Å². The van der Waals surface area contributed by atoms with E-state index in [0.29, 0.717) is 13.0 Å². The lowest BCUT2D eigenvalue weighted by Crippen LogP contribution is -2.24. The Morgan fingerprint density at radius 1 is 1.00 bits per heavy atom. The van der Waals surface area contributed by atoms with E-state index in [1.807, 2.05) is 18.2 Å². The molecule has 3 heterocycles. The van der Waals surface area contributed by atoms with Gasteiger partial charge in [0.2, 0.25) is 5.91 Å². The van der Waals surface area contributed by atoms with Crippen molar-refractivity contribution in [1.29, 1.82) is 0 Å². The van der Waals surface area contributed by atoms with Gasteiger partial charge in [-0.2, -0.15) is 11.3 Å². The lowest BCUT2D eigenvalue weighted by atomic mass is 9.89. The molecular weight excluding hydrogens is 416 g/mol. The molecule has 32 heavy (non-hydrogen) atoms. The van der Waals surface area contributed by atoms with Gasteiger partial charge < -0.3 is 14.3 Å². The van der Waals surface area contributed by atoms with Crippen LogP contribution >= 0.6 is 11.3 Å². The van der Waals surface area contributed by atoms with Crippen molar-refractivity contribution in [3.63, 3.8) is 0 Å². The minimum Gasteiger partial charge on any atom is -0.467 e. The van der Waals surface area contributed by atoms with Crippen molar-refractivity contribution in [2.24, 2.45) is 0 Å². The largest absolute Gasteiger partial charge is 0.467 e. The Kier molecular flexibility index (Phi) is 5.90. The summed E-state index contributed by atoms with van der Waals surface area (Å²) >= 11 is 1.66. The van der Waals surface area contributed by atoms with Crippen LogP contribution in [0.25, 0.3) is 10.9 Å². The van der Waals surface area contributed by atoms with E-state index < -0.39 is 0 Å². The molecule has 160 valence electrons. The molecule has 0 bridgehead atoms. The Hall–Kier alpha value is -3.57. The number of nitrogens with one attached hydrogen (secondary N) is 1. The summed E-state index contributed by atoms with van der Waals surface area (Å²) in [6.45, 7) is 1.19. The van der Waals surface area contributed by atoms with Crippen molar-refractivity contribution in [3.8, 4) is 0 Å². The van der Waals surface area contributed by atoms with Crippen LogP contribution in [0.15, 0.2) is 100 Å². The topological polar surface area (TPSA) is 47.2 Å². The molecule has 1 atom stereocenters. The van der Waals surface area contributed by atoms with Gasteiger partial charge in [0.15, 0.2) is 0 Å². The number of carbonyl (C=O) groups excluding carboxylic acids is 1. The molecule has 4 nitrogen and oxygen atoms in total. The van der Waals surface area contributed by atoms with Gasteiger partial charge in [0.25, 0.3) is 0 Å². The summed E-state index contributed by atoms with van der Waals surface area (Å²) < 4.78 is 7.64. The standard InChI is InChI=1S/C27H24N2O2S/c30-27(28-16-22-9-6-13-31-22)15-24(21-12-14-32-19-21)25-18-29(17-20-7-2-1-3-8-20)26-11-5-4-10-23(25)26/h1-14,18-19,24H,15-17H2,(H,28,30). The van der Waals surface area contributed by atoms with Crippen LogP contribution in [0.2, 0.25) is 0 Å². The second-order valence-electron chi connectivity index (χ2n) is 7.88. The number of carbonyl (C=O) groups is 1. The lowest BCUT2D eigenvalue weighted by Gasteiger charge is -2.15. The summed E-state index contributed by atoms with van der Waals surface area (Å²) in [5.74, 6) is 0.752. The fourth-order valence-corrected chi connectivity index (χ4v) is 4.92. The van der Waals surface area contributed by atoms with Crippen LogP contribution in [0, 0.1) is 0 Å². The number of hydrogen-bond acceptors (Lipinski definition) is 3. The number of rotatable bonds is 8. The molecule has 0 aliphatic rings. The van der Waals surface area contributed by atoms with Crippen LogP contribution in [0.5, 0.6) is 0 Å². The SMILES string of the molecule is O=C(CC(c1ccsc1)c1cn(Cc2ccccc2)c2ccccc12)NCc1ccco1. The number of amides is 1. The van der Waals surface area contributed by atoms with Gasteiger partial charge in [-0.15, -0.1) is 0 Å². The zero-order chi connectivity index (χ0) is 21.8. The monoisotopic (exact) mass is 440 g/mol. The molecule has 0 aliphatic heterocycles. The number of benzene rings is 2. The second-order valence-corrected chi connectivity index (χ2v) is 8.66. The van der Waals surface area contributed by atoms with Gasteiger partial charge in [0, 0.05) is 36.0 Å². The molecule has 0 saturated heterocycles. The molecular formula is C27H24N2O2S. The molecule has 1 amide bonds. The average Bonchev–Trinajstić information content (AvgIpc) is 3.59. The molecule has 1 N–H and O–H groups in total. The zero-order valence-electron chi connectivity index (χ0n) is 17.6. The molecule has 0 saturated carbocycles. The highest BCUT2D eigenvalue weighted by atomic mass is 32.1. The summed E-state index contributed by atoms with van der Waals surface area (Å²) in [6.07, 6.45) is 4.23. The first-order valence-electron chi connectivity index (χ1n) is 10.7. The third-order valence-corrected chi connectivity index (χ3v) is 6.47. The number of fused-ring (bicyclic) bond motifs is 1. The zero-order valence-corrected chi connectivity index (χ0v) is 18.4. The van der Waals surface area contributed by atoms with Crippen LogP contribution in [-0.2, 0) is 17.9 Å². The fourth-order valence-electron chi connectivity index (χ4n) is 4.20. The Labute approximate surface area is 191 Å². The Morgan fingerprint density at radius 3 is 2.62 bits per heavy atom. The molecule has 5 rings (SSSR count). The van der Waals surface area contributed by atoms with Crippen molar-refractivity contribution in [2.75, 3.05) is 0 Å². The number of furan rings is 1. The predicted molar refractivity (Wildman–Crippen MR) is 129 cm³/mol. The normalized spacial score (nSPS) is 12.1. The smallest absolute Gasteiger partial charge is 0.221 e. The van der Waals surface area contributed by atoms with Gasteiger partial charge in [-0.05, 0) is 51.7 Å². The molecule has 5 heteroatoms. The van der Waals surface area contributed by atoms with E-state index in [4.69, 9.17) is 4.42 Å². The first-order chi connectivity index (χ1) is 15.8. The molecule has 0 spiro atoms. The van der Waals surface area contributed by atoms with Crippen molar-refractivity contribution < 1.29 is 9.21 Å². The predicted octanol–water partition coefficient (Wildman–Crippen LogP) is 6.18. The summed E-state index contributed by atoms with van der Waals surface area (Å²) in [7, 11) is 0. The Balaban J connectivity index is 1.47. The number of aromatic nitrogens is 1. The first-order valence-corrected chi connectivity index (χ1v) is 11.6. The van der Waals surface area contributed by atoms with E-state index in [1.165, 1.54) is 27.6 Å². The van der Waals surface area contributed by atoms with Gasteiger partial charge in [-0.1, -0.05) is 48.5 Å². The number of para-hydroxylation sites is 1. The molecule has 2 aromatic carbocycles. The van der Waals surface area contributed by atoms with E-state index in [9.17, 15) is 4.79 Å². The highest BCUT2D eigenvalue weighted by Gasteiger charge is 2.23. The molecule has 0 aliphatic carbocycles. The van der Waals surface area contributed by atoms with Crippen LogP contribution < -0.4 is 5.32 Å². The van der Waals surface area contributed by atoms with Crippen molar-refractivity contribution >= 4 is 28.1 Å².